The van der Waals surface area contributed by atoms with Crippen molar-refractivity contribution in [1.82, 2.24) is 4.90 Å². The summed E-state index contributed by atoms with van der Waals surface area (Å²) in [6.07, 6.45) is 0. The fourth-order valence-electron chi connectivity index (χ4n) is 0. The van der Waals surface area contributed by atoms with Crippen molar-refractivity contribution in [1.29, 1.82) is 0 Å². The molecule has 0 aromatic heterocycles. The number of rotatable bonds is 0. The van der Waals surface area contributed by atoms with Crippen LogP contribution in [0.4, 0.5) is 0 Å². The molecule has 0 fully saturated rings. The van der Waals surface area contributed by atoms with E-state index in [2.05, 4.69) is 0 Å². The van der Waals surface area contributed by atoms with Gasteiger partial charge in [-0.2, -0.15) is 0 Å². The van der Waals surface area contributed by atoms with Crippen molar-refractivity contribution in [3.05, 3.63) is 0 Å². The molecule has 0 aromatic rings. The molecule has 2 heteroatoms. The van der Waals surface area contributed by atoms with Crippen LogP contribution in [0.25, 0.3) is 0 Å². The van der Waals surface area contributed by atoms with Crippen molar-refractivity contribution in [3.63, 3.8) is 0 Å². The summed E-state index contributed by atoms with van der Waals surface area (Å²) in [6, 6.07) is 0. The van der Waals surface area contributed by atoms with Gasteiger partial charge in [0.1, 0.15) is 0 Å². The van der Waals surface area contributed by atoms with Crippen LogP contribution in [0.2, 0.25) is 0 Å². The first-order valence-corrected chi connectivity index (χ1v) is 1.34. The standard InChI is InChI=1S/C3H9N.Sn.2H/c1-4(2)3;;;/h1-3H3;;;. The van der Waals surface area contributed by atoms with Crippen LogP contribution in [0.1, 0.15) is 0 Å². The second-order valence-electron chi connectivity index (χ2n) is 1.34. The molecule has 0 aliphatic heterocycles. The molecule has 0 saturated carbocycles. The molecule has 0 aliphatic carbocycles. The van der Waals surface area contributed by atoms with Gasteiger partial charge >= 0.3 is 23.9 Å². The van der Waals surface area contributed by atoms with Crippen molar-refractivity contribution in [2.75, 3.05) is 21.1 Å². The van der Waals surface area contributed by atoms with Gasteiger partial charge in [-0.1, -0.05) is 0 Å². The molecule has 5 heavy (non-hydrogen) atoms. The maximum atomic E-state index is 2.00. The predicted octanol–water partition coefficient (Wildman–Crippen LogP) is -0.738. The van der Waals surface area contributed by atoms with E-state index < -0.39 is 0 Å². The predicted molar refractivity (Wildman–Crippen MR) is 28.2 cm³/mol. The van der Waals surface area contributed by atoms with Crippen molar-refractivity contribution < 1.29 is 0 Å². The van der Waals surface area contributed by atoms with Gasteiger partial charge in [-0.05, 0) is 21.1 Å². The van der Waals surface area contributed by atoms with Gasteiger partial charge in [0.05, 0.1) is 0 Å². The summed E-state index contributed by atoms with van der Waals surface area (Å²) in [6.45, 7) is 0. The van der Waals surface area contributed by atoms with Gasteiger partial charge in [0.2, 0.25) is 0 Å². The first kappa shape index (κ1) is 9.23. The third kappa shape index (κ3) is 62.9. The first-order valence-electron chi connectivity index (χ1n) is 1.34. The van der Waals surface area contributed by atoms with E-state index in [0.29, 0.717) is 0 Å². The summed E-state index contributed by atoms with van der Waals surface area (Å²) in [5, 5.41) is 0. The Morgan fingerprint density at radius 3 is 1.00 bits per heavy atom. The summed E-state index contributed by atoms with van der Waals surface area (Å²) in [5.41, 5.74) is 0. The topological polar surface area (TPSA) is 3.24 Å². The van der Waals surface area contributed by atoms with Crippen LogP contribution in [0.3, 0.4) is 0 Å². The Kier molecular flexibility index (Phi) is 8.79. The molecule has 0 amide bonds. The maximum absolute atomic E-state index is 2.00. The minimum absolute atomic E-state index is 0. The quantitative estimate of drug-likeness (QED) is 0.443. The van der Waals surface area contributed by atoms with Gasteiger partial charge < -0.3 is 4.90 Å². The first-order chi connectivity index (χ1) is 1.73. The monoisotopic (exact) mass is 181 g/mol. The zero-order valence-electron chi connectivity index (χ0n) is 4.15. The average molecular weight is 180 g/mol. The van der Waals surface area contributed by atoms with E-state index in [1.54, 1.807) is 0 Å². The molecule has 2 radical (unpaired) electrons. The molecule has 0 atom stereocenters. The Hall–Kier alpha value is 0.759. The van der Waals surface area contributed by atoms with E-state index >= 15 is 0 Å². The number of hydrogen-bond acceptors (Lipinski definition) is 1. The van der Waals surface area contributed by atoms with Crippen LogP contribution in [-0.4, -0.2) is 50.0 Å². The Labute approximate surface area is 50.3 Å². The Morgan fingerprint density at radius 1 is 1.00 bits per heavy atom. The van der Waals surface area contributed by atoms with Gasteiger partial charge in [0, 0.05) is 0 Å². The molecule has 0 bridgehead atoms. The van der Waals surface area contributed by atoms with Crippen LogP contribution in [0.15, 0.2) is 0 Å². The van der Waals surface area contributed by atoms with Gasteiger partial charge in [-0.3, -0.25) is 0 Å². The van der Waals surface area contributed by atoms with Crippen LogP contribution in [-0.2, 0) is 0 Å². The molecule has 0 N–H and O–H groups in total. The molecule has 0 aliphatic rings. The van der Waals surface area contributed by atoms with Crippen molar-refractivity contribution >= 4 is 23.9 Å². The van der Waals surface area contributed by atoms with Crippen LogP contribution in [0, 0.1) is 0 Å². The van der Waals surface area contributed by atoms with E-state index in [1.807, 2.05) is 26.0 Å². The van der Waals surface area contributed by atoms with Gasteiger partial charge in [-0.15, -0.1) is 0 Å². The van der Waals surface area contributed by atoms with E-state index in [0.717, 1.165) is 0 Å². The average Bonchev–Trinajstić information content (AvgIpc) is 0.811. The molecular formula is C3H11NSn. The second kappa shape index (κ2) is 4.76. The third-order valence-electron chi connectivity index (χ3n) is 0. The summed E-state index contributed by atoms with van der Waals surface area (Å²) in [7, 11) is 6.00. The Bertz CT molecular complexity index is 11.6. The zero-order chi connectivity index (χ0) is 3.58. The summed E-state index contributed by atoms with van der Waals surface area (Å²) >= 11 is 0. The molecule has 0 spiro atoms. The van der Waals surface area contributed by atoms with E-state index in [1.165, 1.54) is 0 Å². The molecule has 0 unspecified atom stereocenters. The minimum atomic E-state index is 0. The second-order valence-corrected chi connectivity index (χ2v) is 1.34. The fraction of sp³-hybridized carbons (Fsp3) is 1.00. The normalized spacial score (nSPS) is 7.20. The molecule has 32 valence electrons. The van der Waals surface area contributed by atoms with E-state index in [4.69, 9.17) is 0 Å². The van der Waals surface area contributed by atoms with Crippen molar-refractivity contribution in [2.45, 2.75) is 0 Å². The van der Waals surface area contributed by atoms with Gasteiger partial charge in [-0.25, -0.2) is 0 Å². The van der Waals surface area contributed by atoms with Crippen LogP contribution in [0.5, 0.6) is 0 Å². The summed E-state index contributed by atoms with van der Waals surface area (Å²) < 4.78 is 0. The van der Waals surface area contributed by atoms with E-state index in [-0.39, 0.29) is 23.9 Å². The molecule has 0 heterocycles. The molecular weight excluding hydrogens is 169 g/mol. The Balaban J connectivity index is 0. The zero-order valence-corrected chi connectivity index (χ0v) is 8.19. The fourth-order valence-corrected chi connectivity index (χ4v) is 0. The third-order valence-corrected chi connectivity index (χ3v) is 0. The molecule has 0 aromatic carbocycles. The van der Waals surface area contributed by atoms with Crippen molar-refractivity contribution in [2.24, 2.45) is 0 Å². The van der Waals surface area contributed by atoms with Gasteiger partial charge in [0.25, 0.3) is 0 Å². The van der Waals surface area contributed by atoms with Gasteiger partial charge in [0.15, 0.2) is 0 Å². The SMILES string of the molecule is CN(C)C.[SnH2]. The summed E-state index contributed by atoms with van der Waals surface area (Å²) in [4.78, 5) is 2.00. The molecule has 0 saturated heterocycles. The van der Waals surface area contributed by atoms with Crippen molar-refractivity contribution in [3.8, 4) is 0 Å². The van der Waals surface area contributed by atoms with E-state index in [9.17, 15) is 0 Å². The summed E-state index contributed by atoms with van der Waals surface area (Å²) in [5.74, 6) is 0. The number of nitrogens with zero attached hydrogens (tertiary/aromatic N) is 1. The molecule has 1 nitrogen and oxygen atoms in total. The molecule has 0 rings (SSSR count). The van der Waals surface area contributed by atoms with Crippen LogP contribution >= 0.6 is 0 Å². The van der Waals surface area contributed by atoms with Crippen LogP contribution < -0.4 is 0 Å². The Morgan fingerprint density at radius 2 is 1.00 bits per heavy atom. The number of hydrogen-bond donors (Lipinski definition) is 0.